The van der Waals surface area contributed by atoms with Crippen LogP contribution in [0.2, 0.25) is 5.15 Å². The molecule has 0 N–H and O–H groups in total. The van der Waals surface area contributed by atoms with E-state index in [0.717, 1.165) is 5.69 Å². The van der Waals surface area contributed by atoms with E-state index in [4.69, 9.17) is 16.3 Å². The van der Waals surface area contributed by atoms with Gasteiger partial charge in [-0.2, -0.15) is 0 Å². The zero-order valence-electron chi connectivity index (χ0n) is 7.29. The molecule has 0 saturated carbocycles. The van der Waals surface area contributed by atoms with E-state index in [1.807, 2.05) is 12.1 Å². The molecule has 0 aliphatic rings. The highest BCUT2D eigenvalue weighted by Crippen LogP contribution is 2.05. The average molecular weight is 200 g/mol. The molecule has 3 nitrogen and oxygen atoms in total. The molecule has 1 heterocycles. The third-order valence-corrected chi connectivity index (χ3v) is 1.65. The zero-order valence-corrected chi connectivity index (χ0v) is 8.04. The third-order valence-electron chi connectivity index (χ3n) is 1.44. The summed E-state index contributed by atoms with van der Waals surface area (Å²) < 4.78 is 4.76. The van der Waals surface area contributed by atoms with Gasteiger partial charge in [-0.05, 0) is 12.1 Å². The minimum Gasteiger partial charge on any atom is -0.465 e. The first-order valence-electron chi connectivity index (χ1n) is 3.93. The quantitative estimate of drug-likeness (QED) is 0.551. The van der Waals surface area contributed by atoms with Gasteiger partial charge in [0.15, 0.2) is 0 Å². The van der Waals surface area contributed by atoms with Crippen molar-refractivity contribution in [1.82, 2.24) is 4.98 Å². The second-order valence-electron chi connectivity index (χ2n) is 2.54. The van der Waals surface area contributed by atoms with Crippen LogP contribution in [0.3, 0.4) is 0 Å². The zero-order chi connectivity index (χ0) is 9.68. The first kappa shape index (κ1) is 9.99. The molecule has 0 radical (unpaired) electrons. The highest BCUT2D eigenvalue weighted by Gasteiger charge is 1.97. The van der Waals surface area contributed by atoms with E-state index < -0.39 is 0 Å². The van der Waals surface area contributed by atoms with Crippen LogP contribution in [0.4, 0.5) is 0 Å². The second kappa shape index (κ2) is 4.82. The number of ether oxygens (including phenoxy) is 1. The van der Waals surface area contributed by atoms with Crippen LogP contribution in [-0.2, 0) is 16.0 Å². The lowest BCUT2D eigenvalue weighted by Crippen LogP contribution is -2.04. The van der Waals surface area contributed by atoms with Gasteiger partial charge in [0.2, 0.25) is 0 Å². The molecule has 0 fully saturated rings. The van der Waals surface area contributed by atoms with Crippen LogP contribution in [0.15, 0.2) is 18.2 Å². The molecule has 1 aromatic rings. The largest absolute Gasteiger partial charge is 0.465 e. The van der Waals surface area contributed by atoms with E-state index in [0.29, 0.717) is 18.2 Å². The van der Waals surface area contributed by atoms with Crippen LogP contribution in [0.25, 0.3) is 0 Å². The first-order valence-corrected chi connectivity index (χ1v) is 4.31. The van der Waals surface area contributed by atoms with Crippen molar-refractivity contribution in [3.8, 4) is 0 Å². The van der Waals surface area contributed by atoms with Crippen molar-refractivity contribution in [3.63, 3.8) is 0 Å². The smallest absolute Gasteiger partial charge is 0.302 e. The van der Waals surface area contributed by atoms with Crippen LogP contribution < -0.4 is 0 Å². The maximum Gasteiger partial charge on any atom is 0.302 e. The number of pyridine rings is 1. The van der Waals surface area contributed by atoms with Gasteiger partial charge in [0.05, 0.1) is 6.61 Å². The second-order valence-corrected chi connectivity index (χ2v) is 2.93. The summed E-state index contributed by atoms with van der Waals surface area (Å²) in [6, 6.07) is 5.37. The molecule has 0 amide bonds. The van der Waals surface area contributed by atoms with Crippen molar-refractivity contribution in [1.29, 1.82) is 0 Å². The maximum atomic E-state index is 10.4. The molecular formula is C9H10ClNO2. The molecule has 1 rings (SSSR count). The topological polar surface area (TPSA) is 39.2 Å². The lowest BCUT2D eigenvalue weighted by molar-refractivity contribution is -0.140. The molecule has 0 bridgehead atoms. The van der Waals surface area contributed by atoms with E-state index in [1.165, 1.54) is 6.92 Å². The summed E-state index contributed by atoms with van der Waals surface area (Å²) in [6.07, 6.45) is 0.597. The van der Waals surface area contributed by atoms with Crippen LogP contribution in [0, 0.1) is 0 Å². The lowest BCUT2D eigenvalue weighted by atomic mass is 10.3. The number of nitrogens with zero attached hydrogens (tertiary/aromatic N) is 1. The number of rotatable bonds is 3. The standard InChI is InChI=1S/C9H10ClNO2/c1-7(12)13-6-5-8-3-2-4-9(10)11-8/h2-4H,5-6H2,1H3. The Labute approximate surface area is 81.7 Å². The maximum absolute atomic E-state index is 10.4. The van der Waals surface area contributed by atoms with E-state index in [-0.39, 0.29) is 5.97 Å². The number of hydrogen-bond acceptors (Lipinski definition) is 3. The predicted molar refractivity (Wildman–Crippen MR) is 49.6 cm³/mol. The monoisotopic (exact) mass is 199 g/mol. The van der Waals surface area contributed by atoms with E-state index in [9.17, 15) is 4.79 Å². The Kier molecular flexibility index (Phi) is 3.71. The van der Waals surface area contributed by atoms with Crippen molar-refractivity contribution in [3.05, 3.63) is 29.0 Å². The molecule has 4 heteroatoms. The van der Waals surface area contributed by atoms with Crippen molar-refractivity contribution in [2.75, 3.05) is 6.61 Å². The van der Waals surface area contributed by atoms with Gasteiger partial charge in [0, 0.05) is 19.0 Å². The summed E-state index contributed by atoms with van der Waals surface area (Å²) in [5.41, 5.74) is 0.828. The molecule has 70 valence electrons. The molecular weight excluding hydrogens is 190 g/mol. The van der Waals surface area contributed by atoms with Crippen LogP contribution in [-0.4, -0.2) is 17.6 Å². The van der Waals surface area contributed by atoms with E-state index >= 15 is 0 Å². The molecule has 0 aliphatic carbocycles. The highest BCUT2D eigenvalue weighted by atomic mass is 35.5. The SMILES string of the molecule is CC(=O)OCCc1cccc(Cl)n1. The minimum absolute atomic E-state index is 0.276. The fourth-order valence-corrected chi connectivity index (χ4v) is 1.07. The van der Waals surface area contributed by atoms with Gasteiger partial charge in [-0.1, -0.05) is 17.7 Å². The van der Waals surface area contributed by atoms with Gasteiger partial charge in [-0.25, -0.2) is 4.98 Å². The van der Waals surface area contributed by atoms with E-state index in [1.54, 1.807) is 6.07 Å². The Balaban J connectivity index is 2.41. The number of hydrogen-bond donors (Lipinski definition) is 0. The summed E-state index contributed by atoms with van der Waals surface area (Å²) in [5.74, 6) is -0.276. The van der Waals surface area contributed by atoms with Gasteiger partial charge < -0.3 is 4.74 Å². The molecule has 13 heavy (non-hydrogen) atoms. The lowest BCUT2D eigenvalue weighted by Gasteiger charge is -2.01. The number of esters is 1. The molecule has 1 aromatic heterocycles. The molecule has 0 aliphatic heterocycles. The number of aromatic nitrogens is 1. The summed E-state index contributed by atoms with van der Waals surface area (Å²) in [5, 5.41) is 0.459. The summed E-state index contributed by atoms with van der Waals surface area (Å²) >= 11 is 5.67. The molecule has 0 atom stereocenters. The van der Waals surface area contributed by atoms with Crippen molar-refractivity contribution in [2.24, 2.45) is 0 Å². The van der Waals surface area contributed by atoms with E-state index in [2.05, 4.69) is 4.98 Å². The predicted octanol–water partition coefficient (Wildman–Crippen LogP) is 1.84. The highest BCUT2D eigenvalue weighted by molar-refractivity contribution is 6.29. The number of carbonyl (C=O) groups is 1. The van der Waals surface area contributed by atoms with Gasteiger partial charge in [-0.3, -0.25) is 4.79 Å². The van der Waals surface area contributed by atoms with Gasteiger partial charge in [0.1, 0.15) is 5.15 Å². The van der Waals surface area contributed by atoms with Crippen molar-refractivity contribution >= 4 is 17.6 Å². The third kappa shape index (κ3) is 3.90. The molecule has 0 spiro atoms. The number of halogens is 1. The van der Waals surface area contributed by atoms with Crippen LogP contribution >= 0.6 is 11.6 Å². The summed E-state index contributed by atoms with van der Waals surface area (Å²) in [4.78, 5) is 14.5. The van der Waals surface area contributed by atoms with Gasteiger partial charge >= 0.3 is 5.97 Å². The fraction of sp³-hybridized carbons (Fsp3) is 0.333. The fourth-order valence-electron chi connectivity index (χ4n) is 0.889. The van der Waals surface area contributed by atoms with Crippen molar-refractivity contribution < 1.29 is 9.53 Å². The Bertz CT molecular complexity index is 301. The Hall–Kier alpha value is -1.09. The Morgan fingerprint density at radius 2 is 2.38 bits per heavy atom. The minimum atomic E-state index is -0.276. The van der Waals surface area contributed by atoms with Crippen molar-refractivity contribution in [2.45, 2.75) is 13.3 Å². The Morgan fingerprint density at radius 3 is 3.00 bits per heavy atom. The van der Waals surface area contributed by atoms with Gasteiger partial charge in [-0.15, -0.1) is 0 Å². The molecule has 0 unspecified atom stereocenters. The Morgan fingerprint density at radius 1 is 1.62 bits per heavy atom. The van der Waals surface area contributed by atoms with Crippen LogP contribution in [0.5, 0.6) is 0 Å². The normalized spacial score (nSPS) is 9.69. The van der Waals surface area contributed by atoms with Crippen LogP contribution in [0.1, 0.15) is 12.6 Å². The molecule has 0 saturated heterocycles. The average Bonchev–Trinajstić information content (AvgIpc) is 2.03. The number of carbonyl (C=O) groups excluding carboxylic acids is 1. The summed E-state index contributed by atoms with van der Waals surface area (Å²) in [6.45, 7) is 1.73. The molecule has 0 aromatic carbocycles. The summed E-state index contributed by atoms with van der Waals surface area (Å²) in [7, 11) is 0. The first-order chi connectivity index (χ1) is 6.18. The van der Waals surface area contributed by atoms with Gasteiger partial charge in [0.25, 0.3) is 0 Å².